The highest BCUT2D eigenvalue weighted by Gasteiger charge is 2.20. The summed E-state index contributed by atoms with van der Waals surface area (Å²) in [6.07, 6.45) is 2.94. The summed E-state index contributed by atoms with van der Waals surface area (Å²) in [5, 5.41) is 11.7. The van der Waals surface area contributed by atoms with Gasteiger partial charge in [-0.15, -0.1) is 11.3 Å². The van der Waals surface area contributed by atoms with Crippen LogP contribution in [-0.4, -0.2) is 49.5 Å². The van der Waals surface area contributed by atoms with Crippen molar-refractivity contribution in [3.63, 3.8) is 0 Å². The Hall–Kier alpha value is -4.18. The molecule has 0 unspecified atom stereocenters. The van der Waals surface area contributed by atoms with Gasteiger partial charge in [0.05, 0.1) is 12.0 Å². The van der Waals surface area contributed by atoms with Crippen molar-refractivity contribution in [3.05, 3.63) is 81.0 Å². The van der Waals surface area contributed by atoms with E-state index in [0.29, 0.717) is 35.8 Å². The maximum absolute atomic E-state index is 12.3. The lowest BCUT2D eigenvalue weighted by molar-refractivity contribution is -0.118. The first kappa shape index (κ1) is 33.8. The largest absolute Gasteiger partial charge is 0.497 e. The molecule has 1 aromatic heterocycles. The number of carbonyl (C=O) groups excluding carboxylic acids is 3. The highest BCUT2D eigenvalue weighted by Crippen LogP contribution is 2.27. The van der Waals surface area contributed by atoms with E-state index in [2.05, 4.69) is 10.6 Å². The molecule has 4 rings (SSSR count). The zero-order valence-corrected chi connectivity index (χ0v) is 24.8. The van der Waals surface area contributed by atoms with Crippen LogP contribution < -0.4 is 21.1 Å². The molecule has 0 aliphatic carbocycles. The number of hydrogen-bond donors (Lipinski definition) is 4. The normalized spacial score (nSPS) is 11.0. The number of amides is 3. The average molecular weight is 568 g/mol. The molecule has 0 saturated heterocycles. The first-order valence-electron chi connectivity index (χ1n) is 13.2. The van der Waals surface area contributed by atoms with Crippen molar-refractivity contribution in [1.29, 1.82) is 5.41 Å². The minimum absolute atomic E-state index is 0.0579. The molecule has 0 atom stereocenters. The van der Waals surface area contributed by atoms with E-state index in [-0.39, 0.29) is 11.8 Å². The number of carbonyl (C=O) groups is 3. The molecule has 0 radical (unpaired) electrons. The van der Waals surface area contributed by atoms with Crippen LogP contribution in [0.5, 0.6) is 5.75 Å². The number of anilines is 1. The summed E-state index contributed by atoms with van der Waals surface area (Å²) >= 11 is 1.52. The van der Waals surface area contributed by atoms with E-state index in [4.69, 9.17) is 15.9 Å². The first-order valence-corrected chi connectivity index (χ1v) is 14.0. The maximum atomic E-state index is 12.3. The van der Waals surface area contributed by atoms with Crippen LogP contribution in [0.15, 0.2) is 54.6 Å². The molecular formula is C30H41N5O4S. The van der Waals surface area contributed by atoms with E-state index >= 15 is 0 Å². The number of nitrogen functional groups attached to an aromatic ring is 1. The molecule has 2 heterocycles. The Morgan fingerprint density at radius 2 is 1.77 bits per heavy atom. The van der Waals surface area contributed by atoms with Gasteiger partial charge in [0.1, 0.15) is 5.75 Å². The molecule has 3 amide bonds. The van der Waals surface area contributed by atoms with Crippen molar-refractivity contribution in [1.82, 2.24) is 15.5 Å². The first-order chi connectivity index (χ1) is 19.3. The predicted octanol–water partition coefficient (Wildman–Crippen LogP) is 4.90. The number of nitrogens with zero attached hydrogens (tertiary/aromatic N) is 1. The van der Waals surface area contributed by atoms with Crippen LogP contribution in [0.25, 0.3) is 0 Å². The van der Waals surface area contributed by atoms with Gasteiger partial charge in [-0.25, -0.2) is 0 Å². The van der Waals surface area contributed by atoms with E-state index < -0.39 is 0 Å². The summed E-state index contributed by atoms with van der Waals surface area (Å²) in [4.78, 5) is 38.0. The lowest BCUT2D eigenvalue weighted by atomic mass is 10.1. The Labute approximate surface area is 241 Å². The number of nitrogens with one attached hydrogen (secondary N) is 3. The van der Waals surface area contributed by atoms with Gasteiger partial charge in [-0.2, -0.15) is 0 Å². The van der Waals surface area contributed by atoms with Gasteiger partial charge in [-0.3, -0.25) is 14.4 Å². The van der Waals surface area contributed by atoms with Crippen LogP contribution in [-0.2, 0) is 24.3 Å². The van der Waals surface area contributed by atoms with Gasteiger partial charge in [0.25, 0.3) is 11.8 Å². The Morgan fingerprint density at radius 1 is 1.10 bits per heavy atom. The predicted molar refractivity (Wildman–Crippen MR) is 163 cm³/mol. The maximum Gasteiger partial charge on any atom is 0.261 e. The smallest absolute Gasteiger partial charge is 0.261 e. The molecule has 5 N–H and O–H groups in total. The van der Waals surface area contributed by atoms with Crippen molar-refractivity contribution in [2.75, 3.05) is 25.9 Å². The molecule has 1 aliphatic heterocycles. The molecule has 3 aromatic rings. The zero-order valence-electron chi connectivity index (χ0n) is 24.0. The van der Waals surface area contributed by atoms with E-state index in [1.54, 1.807) is 43.2 Å². The third kappa shape index (κ3) is 11.3. The van der Waals surface area contributed by atoms with Crippen molar-refractivity contribution in [2.45, 2.75) is 47.2 Å². The monoisotopic (exact) mass is 567 g/mol. The van der Waals surface area contributed by atoms with E-state index in [0.717, 1.165) is 36.3 Å². The fraction of sp³-hybridized carbons (Fsp3) is 0.333. The molecule has 1 aliphatic rings. The van der Waals surface area contributed by atoms with Gasteiger partial charge < -0.3 is 31.4 Å². The molecule has 0 saturated carbocycles. The summed E-state index contributed by atoms with van der Waals surface area (Å²) in [7, 11) is 1.62. The van der Waals surface area contributed by atoms with Crippen LogP contribution in [0, 0.1) is 5.41 Å². The molecule has 0 fully saturated rings. The number of thiophene rings is 1. The number of fused-ring (bicyclic) bond motifs is 1. The quantitative estimate of drug-likeness (QED) is 0.183. The van der Waals surface area contributed by atoms with Crippen LogP contribution in [0.2, 0.25) is 0 Å². The van der Waals surface area contributed by atoms with Gasteiger partial charge in [0.2, 0.25) is 6.41 Å². The van der Waals surface area contributed by atoms with Crippen LogP contribution in [0.4, 0.5) is 5.69 Å². The second-order valence-corrected chi connectivity index (χ2v) is 9.33. The Kier molecular flexibility index (Phi) is 16.1. The van der Waals surface area contributed by atoms with Gasteiger partial charge in [-0.1, -0.05) is 26.0 Å². The van der Waals surface area contributed by atoms with Crippen LogP contribution in [0.3, 0.4) is 0 Å². The Balaban J connectivity index is 0.000000396. The Bertz CT molecular complexity index is 1210. The van der Waals surface area contributed by atoms with E-state index in [1.807, 2.05) is 51.1 Å². The Morgan fingerprint density at radius 3 is 2.38 bits per heavy atom. The molecular weight excluding hydrogens is 526 g/mol. The number of nitrogens with two attached hydrogens (primary N) is 1. The number of ether oxygens (including phenoxy) is 1. The number of benzene rings is 2. The molecule has 10 heteroatoms. The molecule has 2 aromatic carbocycles. The molecule has 0 spiro atoms. The number of rotatable bonds is 7. The van der Waals surface area contributed by atoms with Crippen molar-refractivity contribution in [3.8, 4) is 5.75 Å². The highest BCUT2D eigenvalue weighted by atomic mass is 32.1. The summed E-state index contributed by atoms with van der Waals surface area (Å²) in [6.45, 7) is 9.97. The van der Waals surface area contributed by atoms with E-state index in [1.165, 1.54) is 22.4 Å². The lowest BCUT2D eigenvalue weighted by Gasteiger charge is -2.22. The highest BCUT2D eigenvalue weighted by molar-refractivity contribution is 7.14. The third-order valence-electron chi connectivity index (χ3n) is 5.37. The van der Waals surface area contributed by atoms with E-state index in [9.17, 15) is 14.4 Å². The van der Waals surface area contributed by atoms with Crippen LogP contribution >= 0.6 is 11.3 Å². The zero-order chi connectivity index (χ0) is 29.9. The SMILES string of the molecule is CC.CC=N.CCNC(=O)c1ccc(N)cc1.COc1cccc(CNC(=O)c2cc3c(s2)CCN(C=O)C3)c1. The second-order valence-electron chi connectivity index (χ2n) is 8.19. The van der Waals surface area contributed by atoms with Crippen molar-refractivity contribution < 1.29 is 19.1 Å². The van der Waals surface area contributed by atoms with Gasteiger partial charge in [-0.05, 0) is 80.1 Å². The summed E-state index contributed by atoms with van der Waals surface area (Å²) < 4.78 is 5.18. The van der Waals surface area contributed by atoms with Crippen molar-refractivity contribution >= 4 is 41.5 Å². The topological polar surface area (TPSA) is 138 Å². The summed E-state index contributed by atoms with van der Waals surface area (Å²) in [5.74, 6) is 0.639. The van der Waals surface area contributed by atoms with Gasteiger partial charge in [0.15, 0.2) is 0 Å². The van der Waals surface area contributed by atoms with Crippen LogP contribution in [0.1, 0.15) is 63.7 Å². The lowest BCUT2D eigenvalue weighted by Crippen LogP contribution is -2.27. The van der Waals surface area contributed by atoms with Crippen molar-refractivity contribution in [2.24, 2.45) is 0 Å². The molecule has 0 bridgehead atoms. The molecule has 9 nitrogen and oxygen atoms in total. The standard InChI is InChI=1S/C17H18N2O3S.C9H12N2O.C2H5N.C2H6/c1-22-14-4-2-3-12(7-14)9-18-17(21)16-8-13-10-19(11-20)6-5-15(13)23-16;1-2-11-9(12)7-3-5-8(10)6-4-7;1-2-3;1-2/h2-4,7-8,11H,5-6,9-10H2,1H3,(H,18,21);3-6H,2,10H2,1H3,(H,11,12);2-3H,1H3;1-2H3. The van der Waals surface area contributed by atoms with Gasteiger partial charge in [0, 0.05) is 42.3 Å². The minimum Gasteiger partial charge on any atom is -0.497 e. The second kappa shape index (κ2) is 19.0. The number of hydrogen-bond acceptors (Lipinski definition) is 7. The molecule has 216 valence electrons. The van der Waals surface area contributed by atoms with Gasteiger partial charge >= 0.3 is 0 Å². The average Bonchev–Trinajstić information content (AvgIpc) is 3.42. The summed E-state index contributed by atoms with van der Waals surface area (Å²) in [5.41, 5.74) is 8.86. The fourth-order valence-corrected chi connectivity index (χ4v) is 4.59. The number of methoxy groups -OCH3 is 1. The summed E-state index contributed by atoms with van der Waals surface area (Å²) in [6, 6.07) is 16.4. The molecule has 40 heavy (non-hydrogen) atoms. The minimum atomic E-state index is -0.0788. The fourth-order valence-electron chi connectivity index (χ4n) is 3.51. The third-order valence-corrected chi connectivity index (χ3v) is 6.60.